The lowest BCUT2D eigenvalue weighted by molar-refractivity contribution is -0.0811. The Balaban J connectivity index is 1.29. The van der Waals surface area contributed by atoms with Gasteiger partial charge >= 0.3 is 6.09 Å². The van der Waals surface area contributed by atoms with Gasteiger partial charge in [0.05, 0.1) is 10.7 Å². The van der Waals surface area contributed by atoms with E-state index in [0.717, 1.165) is 11.4 Å². The molecule has 1 amide bonds. The molecule has 1 spiro atoms. The van der Waals surface area contributed by atoms with Crippen molar-refractivity contribution in [3.63, 3.8) is 0 Å². The van der Waals surface area contributed by atoms with Gasteiger partial charge in [-0.3, -0.25) is 5.32 Å². The molecule has 7 heteroatoms. The summed E-state index contributed by atoms with van der Waals surface area (Å²) in [6.07, 6.45) is 2.14. The SMILES string of the molecule is Cc1ccc(C2=NOC3(CCC(OC(=O)Nc4ccccc4Cl)CC3)N2)cc1. The quantitative estimate of drug-likeness (QED) is 0.776. The molecule has 2 aliphatic rings. The van der Waals surface area contributed by atoms with Gasteiger partial charge in [-0.25, -0.2) is 4.79 Å². The maximum atomic E-state index is 12.1. The Morgan fingerprint density at radius 1 is 1.21 bits per heavy atom. The van der Waals surface area contributed by atoms with E-state index >= 15 is 0 Å². The molecule has 146 valence electrons. The van der Waals surface area contributed by atoms with Crippen LogP contribution in [-0.2, 0) is 9.57 Å². The van der Waals surface area contributed by atoms with Gasteiger partial charge in [-0.1, -0.05) is 58.7 Å². The fourth-order valence-corrected chi connectivity index (χ4v) is 3.66. The summed E-state index contributed by atoms with van der Waals surface area (Å²) in [6, 6.07) is 15.2. The highest BCUT2D eigenvalue weighted by atomic mass is 35.5. The van der Waals surface area contributed by atoms with Crippen molar-refractivity contribution in [1.82, 2.24) is 5.32 Å². The van der Waals surface area contributed by atoms with E-state index < -0.39 is 11.8 Å². The van der Waals surface area contributed by atoms with Crippen LogP contribution in [0.2, 0.25) is 5.02 Å². The number of halogens is 1. The van der Waals surface area contributed by atoms with Crippen LogP contribution < -0.4 is 10.6 Å². The van der Waals surface area contributed by atoms with E-state index in [2.05, 4.69) is 22.7 Å². The molecule has 0 saturated heterocycles. The highest BCUT2D eigenvalue weighted by Gasteiger charge is 2.43. The van der Waals surface area contributed by atoms with Crippen LogP contribution in [0.5, 0.6) is 0 Å². The van der Waals surface area contributed by atoms with Gasteiger partial charge in [-0.05, 0) is 31.9 Å². The molecule has 1 fully saturated rings. The first-order valence-electron chi connectivity index (χ1n) is 9.37. The van der Waals surface area contributed by atoms with E-state index in [9.17, 15) is 4.79 Å². The number of benzene rings is 2. The second kappa shape index (κ2) is 7.72. The number of para-hydroxylation sites is 1. The third kappa shape index (κ3) is 4.07. The number of aryl methyl sites for hydroxylation is 1. The molecule has 1 aliphatic heterocycles. The normalized spacial score (nSPS) is 23.5. The molecular formula is C21H22ClN3O3. The number of nitrogens with zero attached hydrogens (tertiary/aromatic N) is 1. The molecule has 0 unspecified atom stereocenters. The third-order valence-corrected chi connectivity index (χ3v) is 5.44. The van der Waals surface area contributed by atoms with Crippen LogP contribution in [-0.4, -0.2) is 23.8 Å². The van der Waals surface area contributed by atoms with Gasteiger partial charge in [0.25, 0.3) is 0 Å². The fraction of sp³-hybridized carbons (Fsp3) is 0.333. The van der Waals surface area contributed by atoms with E-state index in [4.69, 9.17) is 21.2 Å². The Labute approximate surface area is 168 Å². The number of hydrogen-bond acceptors (Lipinski definition) is 5. The summed E-state index contributed by atoms with van der Waals surface area (Å²) >= 11 is 6.06. The smallest absolute Gasteiger partial charge is 0.411 e. The average Bonchev–Trinajstić information content (AvgIpc) is 3.10. The molecule has 1 heterocycles. The van der Waals surface area contributed by atoms with Crippen molar-refractivity contribution in [1.29, 1.82) is 0 Å². The van der Waals surface area contributed by atoms with Gasteiger partial charge in [0, 0.05) is 18.4 Å². The lowest BCUT2D eigenvalue weighted by atomic mass is 9.89. The van der Waals surface area contributed by atoms with Crippen LogP contribution in [0.4, 0.5) is 10.5 Å². The van der Waals surface area contributed by atoms with Crippen molar-refractivity contribution in [3.8, 4) is 0 Å². The predicted molar refractivity (Wildman–Crippen MR) is 108 cm³/mol. The Morgan fingerprint density at radius 3 is 2.64 bits per heavy atom. The van der Waals surface area contributed by atoms with Crippen LogP contribution in [0.1, 0.15) is 36.8 Å². The summed E-state index contributed by atoms with van der Waals surface area (Å²) in [5.74, 6) is 0.746. The average molecular weight is 400 g/mol. The molecule has 6 nitrogen and oxygen atoms in total. The maximum absolute atomic E-state index is 12.1. The third-order valence-electron chi connectivity index (χ3n) is 5.11. The van der Waals surface area contributed by atoms with Gasteiger partial charge in [0.2, 0.25) is 5.72 Å². The number of oxime groups is 1. The molecule has 28 heavy (non-hydrogen) atoms. The summed E-state index contributed by atoms with van der Waals surface area (Å²) < 4.78 is 5.55. The Morgan fingerprint density at radius 2 is 1.93 bits per heavy atom. The zero-order chi connectivity index (χ0) is 19.6. The largest absolute Gasteiger partial charge is 0.446 e. The number of rotatable bonds is 3. The minimum atomic E-state index is -0.515. The van der Waals surface area contributed by atoms with Crippen LogP contribution >= 0.6 is 11.6 Å². The minimum Gasteiger partial charge on any atom is -0.446 e. The summed E-state index contributed by atoms with van der Waals surface area (Å²) in [7, 11) is 0. The Hall–Kier alpha value is -2.73. The second-order valence-corrected chi connectivity index (χ2v) is 7.63. The molecular weight excluding hydrogens is 378 g/mol. The van der Waals surface area contributed by atoms with Crippen LogP contribution in [0.3, 0.4) is 0 Å². The number of anilines is 1. The Bertz CT molecular complexity index is 890. The lowest BCUT2D eigenvalue weighted by Gasteiger charge is -2.34. The summed E-state index contributed by atoms with van der Waals surface area (Å²) in [5, 5.41) is 10.8. The van der Waals surface area contributed by atoms with Crippen molar-refractivity contribution in [2.45, 2.75) is 44.4 Å². The number of carbonyl (C=O) groups excluding carboxylic acids is 1. The number of hydrogen-bond donors (Lipinski definition) is 2. The van der Waals surface area contributed by atoms with Crippen molar-refractivity contribution < 1.29 is 14.4 Å². The lowest BCUT2D eigenvalue weighted by Crippen LogP contribution is -2.49. The van der Waals surface area contributed by atoms with Crippen molar-refractivity contribution >= 4 is 29.2 Å². The molecule has 4 rings (SSSR count). The van der Waals surface area contributed by atoms with Crippen molar-refractivity contribution in [2.24, 2.45) is 5.16 Å². The summed E-state index contributed by atoms with van der Waals surface area (Å²) in [4.78, 5) is 17.9. The zero-order valence-corrected chi connectivity index (χ0v) is 16.3. The number of amidine groups is 1. The van der Waals surface area contributed by atoms with Crippen LogP contribution in [0.25, 0.3) is 0 Å². The van der Waals surface area contributed by atoms with Crippen molar-refractivity contribution in [2.75, 3.05) is 5.32 Å². The first-order chi connectivity index (χ1) is 13.5. The number of amides is 1. The minimum absolute atomic E-state index is 0.165. The van der Waals surface area contributed by atoms with Gasteiger partial charge in [0.15, 0.2) is 5.84 Å². The predicted octanol–water partition coefficient (Wildman–Crippen LogP) is 4.82. The van der Waals surface area contributed by atoms with E-state index in [-0.39, 0.29) is 6.10 Å². The molecule has 2 aromatic carbocycles. The first kappa shape index (κ1) is 18.6. The first-order valence-corrected chi connectivity index (χ1v) is 9.74. The van der Waals surface area contributed by atoms with E-state index in [1.54, 1.807) is 24.3 Å². The Kier molecular flexibility index (Phi) is 5.13. The molecule has 1 saturated carbocycles. The number of ether oxygens (including phenoxy) is 1. The molecule has 0 radical (unpaired) electrons. The monoisotopic (exact) mass is 399 g/mol. The number of nitrogens with one attached hydrogen (secondary N) is 2. The van der Waals surface area contributed by atoms with Gasteiger partial charge < -0.3 is 14.9 Å². The van der Waals surface area contributed by atoms with E-state index in [1.807, 2.05) is 24.3 Å². The molecule has 0 atom stereocenters. The topological polar surface area (TPSA) is 72.0 Å². The second-order valence-electron chi connectivity index (χ2n) is 7.23. The number of carbonyl (C=O) groups is 1. The summed E-state index contributed by atoms with van der Waals surface area (Å²) in [5.41, 5.74) is 2.23. The van der Waals surface area contributed by atoms with Crippen molar-refractivity contribution in [3.05, 3.63) is 64.7 Å². The highest BCUT2D eigenvalue weighted by Crippen LogP contribution is 2.34. The summed E-state index contributed by atoms with van der Waals surface area (Å²) in [6.45, 7) is 2.05. The van der Waals surface area contributed by atoms with Gasteiger partial charge in [-0.15, -0.1) is 0 Å². The zero-order valence-electron chi connectivity index (χ0n) is 15.6. The van der Waals surface area contributed by atoms with Crippen LogP contribution in [0, 0.1) is 6.92 Å². The highest BCUT2D eigenvalue weighted by molar-refractivity contribution is 6.33. The molecule has 2 N–H and O–H groups in total. The molecule has 1 aliphatic carbocycles. The molecule has 0 aromatic heterocycles. The molecule has 0 bridgehead atoms. The van der Waals surface area contributed by atoms with E-state index in [0.29, 0.717) is 36.4 Å². The van der Waals surface area contributed by atoms with Crippen LogP contribution in [0.15, 0.2) is 53.7 Å². The van der Waals surface area contributed by atoms with E-state index in [1.165, 1.54) is 5.56 Å². The fourth-order valence-electron chi connectivity index (χ4n) is 3.48. The maximum Gasteiger partial charge on any atom is 0.411 e. The van der Waals surface area contributed by atoms with Gasteiger partial charge in [-0.2, -0.15) is 0 Å². The van der Waals surface area contributed by atoms with Gasteiger partial charge in [0.1, 0.15) is 6.10 Å². The standard InChI is InChI=1S/C21H22ClN3O3/c1-14-6-8-15(9-7-14)19-24-21(28-25-19)12-10-16(11-13-21)27-20(26)23-18-5-3-2-4-17(18)22/h2-9,16H,10-13H2,1H3,(H,23,26)(H,24,25). The molecule has 2 aromatic rings.